The smallest absolute Gasteiger partial charge is 0.322 e. The maximum atomic E-state index is 12.2. The Bertz CT molecular complexity index is 398. The minimum Gasteiger partial charge on any atom is -0.408 e. The predicted octanol–water partition coefficient (Wildman–Crippen LogP) is 0.0720. The fraction of sp³-hybridized carbons (Fsp3) is 0.700. The molecule has 0 spiro atoms. The summed E-state index contributed by atoms with van der Waals surface area (Å²) in [5.74, 6) is 0.237. The van der Waals surface area contributed by atoms with Gasteiger partial charge in [-0.1, -0.05) is 5.10 Å². The normalized spacial score (nSPS) is 18.9. The summed E-state index contributed by atoms with van der Waals surface area (Å²) in [7, 11) is 0. The maximum absolute atomic E-state index is 12.2. The number of aryl methyl sites for hydroxylation is 1. The van der Waals surface area contributed by atoms with Crippen molar-refractivity contribution in [2.75, 3.05) is 25.1 Å². The van der Waals surface area contributed by atoms with Crippen molar-refractivity contribution in [3.05, 3.63) is 5.89 Å². The van der Waals surface area contributed by atoms with Crippen LogP contribution in [0.2, 0.25) is 0 Å². The minimum absolute atomic E-state index is 0.117. The number of ether oxygens (including phenoxy) is 1. The molecular formula is C10H16N4O3. The van der Waals surface area contributed by atoms with E-state index in [4.69, 9.17) is 14.9 Å². The Kier molecular flexibility index (Phi) is 3.39. The molecule has 0 atom stereocenters. The summed E-state index contributed by atoms with van der Waals surface area (Å²) >= 11 is 0. The van der Waals surface area contributed by atoms with Crippen molar-refractivity contribution in [1.82, 2.24) is 10.2 Å². The molecule has 7 heteroatoms. The average molecular weight is 240 g/mol. The molecule has 0 unspecified atom stereocenters. The van der Waals surface area contributed by atoms with Gasteiger partial charge in [0.05, 0.1) is 5.41 Å². The van der Waals surface area contributed by atoms with Crippen molar-refractivity contribution in [3.63, 3.8) is 0 Å². The van der Waals surface area contributed by atoms with Crippen LogP contribution in [0.4, 0.5) is 6.01 Å². The second-order valence-corrected chi connectivity index (χ2v) is 4.18. The average Bonchev–Trinajstić information content (AvgIpc) is 2.75. The highest BCUT2D eigenvalue weighted by atomic mass is 16.5. The highest BCUT2D eigenvalue weighted by Gasteiger charge is 2.39. The lowest BCUT2D eigenvalue weighted by molar-refractivity contribution is -0.130. The van der Waals surface area contributed by atoms with Crippen LogP contribution in [0.25, 0.3) is 0 Å². The number of anilines is 1. The second-order valence-electron chi connectivity index (χ2n) is 4.18. The Morgan fingerprint density at radius 2 is 2.18 bits per heavy atom. The van der Waals surface area contributed by atoms with Crippen LogP contribution in [-0.4, -0.2) is 35.9 Å². The predicted molar refractivity (Wildman–Crippen MR) is 59.2 cm³/mol. The van der Waals surface area contributed by atoms with Crippen LogP contribution in [0.15, 0.2) is 4.42 Å². The number of amides is 1. The third kappa shape index (κ3) is 2.45. The van der Waals surface area contributed by atoms with Gasteiger partial charge in [-0.3, -0.25) is 10.1 Å². The molecule has 1 aliphatic heterocycles. The van der Waals surface area contributed by atoms with Gasteiger partial charge in [0.1, 0.15) is 0 Å². The Morgan fingerprint density at radius 1 is 1.47 bits per heavy atom. The van der Waals surface area contributed by atoms with Crippen LogP contribution in [0, 0.1) is 12.3 Å². The number of hydrogen-bond donors (Lipinski definition) is 2. The molecule has 1 fully saturated rings. The Labute approximate surface area is 98.7 Å². The molecule has 1 aromatic heterocycles. The topological polar surface area (TPSA) is 103 Å². The quantitative estimate of drug-likeness (QED) is 0.775. The van der Waals surface area contributed by atoms with E-state index in [1.807, 2.05) is 0 Å². The second kappa shape index (κ2) is 4.80. The molecule has 0 aliphatic carbocycles. The number of nitrogens with two attached hydrogens (primary N) is 1. The van der Waals surface area contributed by atoms with Crippen LogP contribution < -0.4 is 11.1 Å². The highest BCUT2D eigenvalue weighted by Crippen LogP contribution is 2.30. The van der Waals surface area contributed by atoms with Gasteiger partial charge in [0.15, 0.2) is 0 Å². The number of carbonyl (C=O) groups is 1. The molecule has 1 amide bonds. The molecule has 1 aromatic rings. The van der Waals surface area contributed by atoms with Gasteiger partial charge < -0.3 is 14.9 Å². The third-order valence-corrected chi connectivity index (χ3v) is 3.07. The summed E-state index contributed by atoms with van der Waals surface area (Å²) < 4.78 is 10.4. The third-order valence-electron chi connectivity index (χ3n) is 3.07. The number of hydrogen-bond acceptors (Lipinski definition) is 6. The summed E-state index contributed by atoms with van der Waals surface area (Å²) in [6, 6.07) is 0.117. The molecule has 0 bridgehead atoms. The SMILES string of the molecule is Cc1nnc(NC(=O)C2(CN)CCOCC2)o1. The van der Waals surface area contributed by atoms with Gasteiger partial charge in [-0.2, -0.15) is 0 Å². The van der Waals surface area contributed by atoms with Gasteiger partial charge in [0.25, 0.3) is 0 Å². The van der Waals surface area contributed by atoms with Crippen molar-refractivity contribution in [3.8, 4) is 0 Å². The summed E-state index contributed by atoms with van der Waals surface area (Å²) in [6.45, 7) is 3.05. The Balaban J connectivity index is 2.07. The number of aromatic nitrogens is 2. The highest BCUT2D eigenvalue weighted by molar-refractivity contribution is 5.93. The first kappa shape index (κ1) is 12.0. The van der Waals surface area contributed by atoms with Crippen LogP contribution in [0.5, 0.6) is 0 Å². The van der Waals surface area contributed by atoms with E-state index in [-0.39, 0.29) is 18.5 Å². The van der Waals surface area contributed by atoms with Crippen LogP contribution in [-0.2, 0) is 9.53 Å². The first-order valence-electron chi connectivity index (χ1n) is 5.56. The van der Waals surface area contributed by atoms with Gasteiger partial charge >= 0.3 is 6.01 Å². The zero-order valence-corrected chi connectivity index (χ0v) is 9.73. The van der Waals surface area contributed by atoms with Gasteiger partial charge in [-0.25, -0.2) is 0 Å². The number of nitrogens with zero attached hydrogens (tertiary/aromatic N) is 2. The van der Waals surface area contributed by atoms with Crippen LogP contribution >= 0.6 is 0 Å². The molecule has 2 heterocycles. The van der Waals surface area contributed by atoms with E-state index < -0.39 is 5.41 Å². The Hall–Kier alpha value is -1.47. The number of rotatable bonds is 3. The van der Waals surface area contributed by atoms with Crippen molar-refractivity contribution >= 4 is 11.9 Å². The molecule has 17 heavy (non-hydrogen) atoms. The molecule has 0 aromatic carbocycles. The summed E-state index contributed by atoms with van der Waals surface area (Å²) in [5, 5.41) is 9.98. The summed E-state index contributed by atoms with van der Waals surface area (Å²) in [6.07, 6.45) is 1.23. The van der Waals surface area contributed by atoms with Crippen molar-refractivity contribution in [1.29, 1.82) is 0 Å². The fourth-order valence-corrected chi connectivity index (χ4v) is 1.86. The van der Waals surface area contributed by atoms with Gasteiger partial charge in [-0.05, 0) is 12.8 Å². The minimum atomic E-state index is -0.583. The van der Waals surface area contributed by atoms with Gasteiger partial charge in [-0.15, -0.1) is 5.10 Å². The molecule has 1 saturated heterocycles. The van der Waals surface area contributed by atoms with Crippen molar-refractivity contribution < 1.29 is 13.9 Å². The summed E-state index contributed by atoms with van der Waals surface area (Å²) in [4.78, 5) is 12.2. The largest absolute Gasteiger partial charge is 0.408 e. The van der Waals surface area contributed by atoms with E-state index in [2.05, 4.69) is 15.5 Å². The first-order chi connectivity index (χ1) is 8.16. The molecule has 0 saturated carbocycles. The van der Waals surface area contributed by atoms with E-state index >= 15 is 0 Å². The zero-order chi connectivity index (χ0) is 12.3. The maximum Gasteiger partial charge on any atom is 0.322 e. The molecule has 3 N–H and O–H groups in total. The molecule has 0 radical (unpaired) electrons. The number of carbonyl (C=O) groups excluding carboxylic acids is 1. The first-order valence-corrected chi connectivity index (χ1v) is 5.56. The zero-order valence-electron chi connectivity index (χ0n) is 9.73. The molecular weight excluding hydrogens is 224 g/mol. The van der Waals surface area contributed by atoms with Gasteiger partial charge in [0.2, 0.25) is 11.8 Å². The van der Waals surface area contributed by atoms with E-state index in [9.17, 15) is 4.79 Å². The van der Waals surface area contributed by atoms with Crippen molar-refractivity contribution in [2.45, 2.75) is 19.8 Å². The van der Waals surface area contributed by atoms with Crippen molar-refractivity contribution in [2.24, 2.45) is 11.1 Å². The van der Waals surface area contributed by atoms with Gasteiger partial charge in [0, 0.05) is 26.7 Å². The molecule has 1 aliphatic rings. The molecule has 2 rings (SSSR count). The Morgan fingerprint density at radius 3 is 2.71 bits per heavy atom. The lowest BCUT2D eigenvalue weighted by Gasteiger charge is -2.33. The standard InChI is InChI=1S/C10H16N4O3/c1-7-13-14-9(17-7)12-8(15)10(6-11)2-4-16-5-3-10/h2-6,11H2,1H3,(H,12,14,15). The molecule has 94 valence electrons. The van der Waals surface area contributed by atoms with Crippen LogP contribution in [0.1, 0.15) is 18.7 Å². The summed E-state index contributed by atoms with van der Waals surface area (Å²) in [5.41, 5.74) is 5.13. The monoisotopic (exact) mass is 240 g/mol. The number of nitrogens with one attached hydrogen (secondary N) is 1. The van der Waals surface area contributed by atoms with E-state index in [1.165, 1.54) is 0 Å². The van der Waals surface area contributed by atoms with Crippen LogP contribution in [0.3, 0.4) is 0 Å². The van der Waals surface area contributed by atoms with E-state index in [1.54, 1.807) is 6.92 Å². The lowest BCUT2D eigenvalue weighted by Crippen LogP contribution is -2.46. The lowest BCUT2D eigenvalue weighted by atomic mass is 9.79. The fourth-order valence-electron chi connectivity index (χ4n) is 1.86. The van der Waals surface area contributed by atoms with E-state index in [0.29, 0.717) is 31.9 Å². The molecule has 7 nitrogen and oxygen atoms in total. The van der Waals surface area contributed by atoms with E-state index in [0.717, 1.165) is 0 Å².